The van der Waals surface area contributed by atoms with Crippen LogP contribution in [0.25, 0.3) is 11.3 Å². The van der Waals surface area contributed by atoms with E-state index in [-0.39, 0.29) is 47.4 Å². The van der Waals surface area contributed by atoms with E-state index in [2.05, 4.69) is 20.3 Å². The van der Waals surface area contributed by atoms with Crippen LogP contribution < -0.4 is 15.0 Å². The Morgan fingerprint density at radius 2 is 1.97 bits per heavy atom. The zero-order valence-electron chi connectivity index (χ0n) is 18.1. The van der Waals surface area contributed by atoms with Crippen molar-refractivity contribution in [3.05, 3.63) is 60.3 Å². The number of hydrogen-bond acceptors (Lipinski definition) is 6. The van der Waals surface area contributed by atoms with Gasteiger partial charge in [-0.1, -0.05) is 0 Å². The Hall–Kier alpha value is -3.69. The van der Waals surface area contributed by atoms with E-state index in [0.717, 1.165) is 0 Å². The summed E-state index contributed by atoms with van der Waals surface area (Å²) in [6.07, 6.45) is 3.71. The van der Waals surface area contributed by atoms with Crippen molar-refractivity contribution < 1.29 is 22.7 Å². The maximum absolute atomic E-state index is 14.5. The van der Waals surface area contributed by atoms with Gasteiger partial charge in [-0.3, -0.25) is 9.78 Å². The average molecular weight is 457 g/mol. The van der Waals surface area contributed by atoms with Gasteiger partial charge in [-0.25, -0.2) is 23.1 Å². The molecule has 1 fully saturated rings. The van der Waals surface area contributed by atoms with Crippen LogP contribution in [0.3, 0.4) is 0 Å². The number of nitrogens with zero attached hydrogens (tertiary/aromatic N) is 4. The molecule has 1 aliphatic rings. The lowest BCUT2D eigenvalue weighted by Gasteiger charge is -2.22. The third-order valence-corrected chi connectivity index (χ3v) is 5.01. The summed E-state index contributed by atoms with van der Waals surface area (Å²) in [5.74, 6) is -3.58. The average Bonchev–Trinajstić information content (AvgIpc) is 3.14. The van der Waals surface area contributed by atoms with Crippen LogP contribution in [-0.2, 0) is 0 Å². The monoisotopic (exact) mass is 457 g/mol. The standard InChI is InChI=1S/C23H22F3N5O2/c1-14(2)33-18-6-5-15(12-29-18)22(32)30-20-16(19-17(24)4-3-9-27-19)7-10-28-21(20)31-11-8-23(25,26)13-31/h3-7,9-10,12,14H,8,11,13H2,1-2H3,(H,30,32). The highest BCUT2D eigenvalue weighted by atomic mass is 19.3. The molecular formula is C23H22F3N5O2. The molecule has 1 N–H and O–H groups in total. The van der Waals surface area contributed by atoms with E-state index in [1.807, 2.05) is 13.8 Å². The lowest BCUT2D eigenvalue weighted by Crippen LogP contribution is -2.27. The second-order valence-electron chi connectivity index (χ2n) is 7.92. The number of hydrogen-bond donors (Lipinski definition) is 1. The molecule has 4 rings (SSSR count). The SMILES string of the molecule is CC(C)Oc1ccc(C(=O)Nc2c(-c3ncccc3F)ccnc2N2CCC(F)(F)C2)cn1. The van der Waals surface area contributed by atoms with Crippen LogP contribution in [0.5, 0.6) is 5.88 Å². The lowest BCUT2D eigenvalue weighted by atomic mass is 10.1. The summed E-state index contributed by atoms with van der Waals surface area (Å²) in [7, 11) is 0. The minimum absolute atomic E-state index is 0.0267. The topological polar surface area (TPSA) is 80.2 Å². The molecule has 0 spiro atoms. The first-order chi connectivity index (χ1) is 15.7. The maximum atomic E-state index is 14.5. The second-order valence-corrected chi connectivity index (χ2v) is 7.92. The number of rotatable bonds is 6. The van der Waals surface area contributed by atoms with Crippen LogP contribution in [0.15, 0.2) is 48.9 Å². The number of pyridine rings is 3. The number of carbonyl (C=O) groups is 1. The largest absolute Gasteiger partial charge is 0.475 e. The molecule has 1 saturated heterocycles. The van der Waals surface area contributed by atoms with Crippen molar-refractivity contribution in [3.8, 4) is 17.1 Å². The van der Waals surface area contributed by atoms with Gasteiger partial charge in [-0.05, 0) is 38.1 Å². The highest BCUT2D eigenvalue weighted by Crippen LogP contribution is 2.39. The van der Waals surface area contributed by atoms with Crippen LogP contribution in [0.2, 0.25) is 0 Å². The number of anilines is 2. The Balaban J connectivity index is 1.72. The van der Waals surface area contributed by atoms with Crippen molar-refractivity contribution in [2.45, 2.75) is 32.3 Å². The Bertz CT molecular complexity index is 1160. The molecule has 0 aromatic carbocycles. The van der Waals surface area contributed by atoms with Crippen molar-refractivity contribution in [2.24, 2.45) is 0 Å². The molecule has 172 valence electrons. The normalized spacial score (nSPS) is 15.0. The third kappa shape index (κ3) is 5.05. The molecule has 3 aromatic rings. The van der Waals surface area contributed by atoms with E-state index in [4.69, 9.17) is 4.74 Å². The summed E-state index contributed by atoms with van der Waals surface area (Å²) in [5, 5.41) is 2.71. The van der Waals surface area contributed by atoms with Crippen LogP contribution >= 0.6 is 0 Å². The summed E-state index contributed by atoms with van der Waals surface area (Å²) in [6.45, 7) is 3.19. The molecule has 7 nitrogen and oxygen atoms in total. The molecule has 0 aliphatic carbocycles. The summed E-state index contributed by atoms with van der Waals surface area (Å²) in [4.78, 5) is 26.8. The number of amides is 1. The highest BCUT2D eigenvalue weighted by molar-refractivity contribution is 6.08. The van der Waals surface area contributed by atoms with Gasteiger partial charge >= 0.3 is 0 Å². The lowest BCUT2D eigenvalue weighted by molar-refractivity contribution is 0.0257. The molecule has 0 atom stereocenters. The number of halogens is 3. The molecule has 0 bridgehead atoms. The summed E-state index contributed by atoms with van der Waals surface area (Å²) in [5.41, 5.74) is 0.510. The van der Waals surface area contributed by atoms with E-state index in [1.165, 1.54) is 47.8 Å². The summed E-state index contributed by atoms with van der Waals surface area (Å²) in [6, 6.07) is 7.24. The van der Waals surface area contributed by atoms with Gasteiger partial charge in [0.15, 0.2) is 5.82 Å². The molecule has 0 unspecified atom stereocenters. The fraction of sp³-hybridized carbons (Fsp3) is 0.304. The fourth-order valence-corrected chi connectivity index (χ4v) is 3.52. The molecule has 33 heavy (non-hydrogen) atoms. The number of nitrogens with one attached hydrogen (secondary N) is 1. The van der Waals surface area contributed by atoms with Gasteiger partial charge in [0.1, 0.15) is 11.5 Å². The van der Waals surface area contributed by atoms with Crippen molar-refractivity contribution in [3.63, 3.8) is 0 Å². The Morgan fingerprint density at radius 3 is 2.61 bits per heavy atom. The molecular weight excluding hydrogens is 435 g/mol. The maximum Gasteiger partial charge on any atom is 0.266 e. The predicted octanol–water partition coefficient (Wildman–Crippen LogP) is 4.56. The van der Waals surface area contributed by atoms with Crippen LogP contribution in [0, 0.1) is 5.82 Å². The number of aromatic nitrogens is 3. The quantitative estimate of drug-likeness (QED) is 0.585. The first-order valence-corrected chi connectivity index (χ1v) is 10.4. The van der Waals surface area contributed by atoms with Crippen molar-refractivity contribution in [2.75, 3.05) is 23.3 Å². The van der Waals surface area contributed by atoms with E-state index < -0.39 is 24.2 Å². The molecule has 3 aromatic heterocycles. The van der Waals surface area contributed by atoms with Gasteiger partial charge in [0, 0.05) is 43.2 Å². The molecule has 1 amide bonds. The van der Waals surface area contributed by atoms with E-state index in [1.54, 1.807) is 6.07 Å². The Labute approximate surface area is 188 Å². The second kappa shape index (κ2) is 9.05. The Morgan fingerprint density at radius 1 is 1.15 bits per heavy atom. The van der Waals surface area contributed by atoms with Crippen LogP contribution in [0.1, 0.15) is 30.6 Å². The first kappa shape index (κ1) is 22.5. The molecule has 0 saturated carbocycles. The summed E-state index contributed by atoms with van der Waals surface area (Å²) < 4.78 is 47.8. The smallest absolute Gasteiger partial charge is 0.266 e. The molecule has 4 heterocycles. The number of carbonyl (C=O) groups excluding carboxylic acids is 1. The molecule has 10 heteroatoms. The van der Waals surface area contributed by atoms with Gasteiger partial charge in [0.05, 0.1) is 23.9 Å². The van der Waals surface area contributed by atoms with Crippen molar-refractivity contribution in [1.29, 1.82) is 0 Å². The van der Waals surface area contributed by atoms with Crippen LogP contribution in [0.4, 0.5) is 24.7 Å². The number of ether oxygens (including phenoxy) is 1. The minimum atomic E-state index is -2.88. The van der Waals surface area contributed by atoms with E-state index >= 15 is 0 Å². The van der Waals surface area contributed by atoms with Crippen molar-refractivity contribution in [1.82, 2.24) is 15.0 Å². The zero-order valence-corrected chi connectivity index (χ0v) is 18.1. The first-order valence-electron chi connectivity index (χ1n) is 10.4. The minimum Gasteiger partial charge on any atom is -0.475 e. The molecule has 0 radical (unpaired) electrons. The van der Waals surface area contributed by atoms with E-state index in [0.29, 0.717) is 5.88 Å². The predicted molar refractivity (Wildman–Crippen MR) is 117 cm³/mol. The zero-order chi connectivity index (χ0) is 23.6. The van der Waals surface area contributed by atoms with Crippen LogP contribution in [-0.4, -0.2) is 46.0 Å². The number of alkyl halides is 2. The van der Waals surface area contributed by atoms with Crippen molar-refractivity contribution >= 4 is 17.4 Å². The fourth-order valence-electron chi connectivity index (χ4n) is 3.52. The van der Waals surface area contributed by atoms with Gasteiger partial charge in [-0.2, -0.15) is 0 Å². The van der Waals surface area contributed by atoms with Gasteiger partial charge in [-0.15, -0.1) is 0 Å². The van der Waals surface area contributed by atoms with Gasteiger partial charge in [0.25, 0.3) is 11.8 Å². The third-order valence-electron chi connectivity index (χ3n) is 5.01. The van der Waals surface area contributed by atoms with Gasteiger partial charge in [0.2, 0.25) is 5.88 Å². The Kier molecular flexibility index (Phi) is 6.17. The van der Waals surface area contributed by atoms with Gasteiger partial charge < -0.3 is 15.0 Å². The summed E-state index contributed by atoms with van der Waals surface area (Å²) >= 11 is 0. The molecule has 1 aliphatic heterocycles. The highest BCUT2D eigenvalue weighted by Gasteiger charge is 2.40. The van der Waals surface area contributed by atoms with E-state index in [9.17, 15) is 18.0 Å².